The molecule has 4 heteroatoms. The number of nitrogens with two attached hydrogens (primary N) is 1. The molecule has 0 aromatic carbocycles. The standard InChI is InChI=1S/C6H16IN3/c1-9-5-10-6(8)3-2-4-7/h6,9-10H,2-5,8H2,1H3. The average Bonchev–Trinajstić information content (AvgIpc) is 1.97. The van der Waals surface area contributed by atoms with Crippen molar-refractivity contribution < 1.29 is 0 Å². The molecule has 0 saturated carbocycles. The Bertz CT molecular complexity index is 62.0. The first kappa shape index (κ1) is 10.6. The SMILES string of the molecule is CNCNC(N)CCCI. The Morgan fingerprint density at radius 2 is 2.30 bits per heavy atom. The molecule has 0 radical (unpaired) electrons. The van der Waals surface area contributed by atoms with Gasteiger partial charge in [-0.1, -0.05) is 22.6 Å². The highest BCUT2D eigenvalue weighted by atomic mass is 127. The average molecular weight is 257 g/mol. The van der Waals surface area contributed by atoms with Crippen LogP contribution in [0.3, 0.4) is 0 Å². The van der Waals surface area contributed by atoms with Crippen molar-refractivity contribution in [3.05, 3.63) is 0 Å². The minimum Gasteiger partial charge on any atom is -0.316 e. The fraction of sp³-hybridized carbons (Fsp3) is 1.00. The topological polar surface area (TPSA) is 50.1 Å². The van der Waals surface area contributed by atoms with Crippen LogP contribution in [0, 0.1) is 0 Å². The Morgan fingerprint density at radius 3 is 2.80 bits per heavy atom. The third kappa shape index (κ3) is 6.73. The van der Waals surface area contributed by atoms with Crippen molar-refractivity contribution in [2.45, 2.75) is 19.0 Å². The first-order valence-electron chi connectivity index (χ1n) is 3.50. The van der Waals surface area contributed by atoms with E-state index in [9.17, 15) is 0 Å². The Labute approximate surface area is 76.3 Å². The molecule has 0 aliphatic carbocycles. The van der Waals surface area contributed by atoms with Gasteiger partial charge in [-0.05, 0) is 24.3 Å². The second-order valence-corrected chi connectivity index (χ2v) is 3.25. The van der Waals surface area contributed by atoms with Crippen LogP contribution in [0.25, 0.3) is 0 Å². The third-order valence-electron chi connectivity index (χ3n) is 1.19. The van der Waals surface area contributed by atoms with Crippen LogP contribution in [-0.4, -0.2) is 24.3 Å². The molecule has 3 nitrogen and oxygen atoms in total. The van der Waals surface area contributed by atoms with Gasteiger partial charge in [-0.2, -0.15) is 0 Å². The van der Waals surface area contributed by atoms with E-state index < -0.39 is 0 Å². The van der Waals surface area contributed by atoms with E-state index in [4.69, 9.17) is 5.73 Å². The summed E-state index contributed by atoms with van der Waals surface area (Å²) in [7, 11) is 1.90. The zero-order valence-electron chi connectivity index (χ0n) is 6.36. The van der Waals surface area contributed by atoms with Crippen LogP contribution >= 0.6 is 22.6 Å². The number of halogens is 1. The maximum Gasteiger partial charge on any atom is 0.0556 e. The van der Waals surface area contributed by atoms with Gasteiger partial charge in [0.15, 0.2) is 0 Å². The Morgan fingerprint density at radius 1 is 1.60 bits per heavy atom. The molecular weight excluding hydrogens is 241 g/mol. The molecule has 0 aliphatic heterocycles. The first-order chi connectivity index (χ1) is 4.81. The maximum absolute atomic E-state index is 5.69. The summed E-state index contributed by atoms with van der Waals surface area (Å²) < 4.78 is 1.19. The molecule has 62 valence electrons. The Balaban J connectivity index is 3.00. The lowest BCUT2D eigenvalue weighted by Crippen LogP contribution is -2.41. The minimum absolute atomic E-state index is 0.155. The zero-order valence-corrected chi connectivity index (χ0v) is 8.52. The lowest BCUT2D eigenvalue weighted by atomic mass is 10.3. The molecule has 0 aromatic rings. The molecular formula is C6H16IN3. The largest absolute Gasteiger partial charge is 0.316 e. The van der Waals surface area contributed by atoms with Crippen molar-refractivity contribution in [2.24, 2.45) is 5.73 Å². The van der Waals surface area contributed by atoms with E-state index in [1.165, 1.54) is 10.8 Å². The molecule has 4 N–H and O–H groups in total. The fourth-order valence-electron chi connectivity index (χ4n) is 0.632. The van der Waals surface area contributed by atoms with Gasteiger partial charge in [-0.3, -0.25) is 5.32 Å². The smallest absolute Gasteiger partial charge is 0.0556 e. The lowest BCUT2D eigenvalue weighted by molar-refractivity contribution is 0.477. The fourth-order valence-corrected chi connectivity index (χ4v) is 1.07. The normalized spacial score (nSPS) is 13.5. The molecule has 1 atom stereocenters. The summed E-state index contributed by atoms with van der Waals surface area (Å²) in [6, 6.07) is 0. The van der Waals surface area contributed by atoms with E-state index in [-0.39, 0.29) is 6.17 Å². The minimum atomic E-state index is 0.155. The van der Waals surface area contributed by atoms with Crippen LogP contribution in [-0.2, 0) is 0 Å². The number of hydrogen-bond acceptors (Lipinski definition) is 3. The van der Waals surface area contributed by atoms with Crippen LogP contribution in [0.15, 0.2) is 0 Å². The highest BCUT2D eigenvalue weighted by Crippen LogP contribution is 1.94. The number of rotatable bonds is 6. The van der Waals surface area contributed by atoms with E-state index in [1.54, 1.807) is 0 Å². The van der Waals surface area contributed by atoms with Gasteiger partial charge < -0.3 is 11.1 Å². The van der Waals surface area contributed by atoms with Gasteiger partial charge in [0.2, 0.25) is 0 Å². The zero-order chi connectivity index (χ0) is 7.82. The van der Waals surface area contributed by atoms with Crippen molar-refractivity contribution in [2.75, 3.05) is 18.1 Å². The van der Waals surface area contributed by atoms with Crippen LogP contribution in [0.1, 0.15) is 12.8 Å². The second-order valence-electron chi connectivity index (χ2n) is 2.17. The van der Waals surface area contributed by atoms with Gasteiger partial charge in [0.05, 0.1) is 6.17 Å². The molecule has 0 heterocycles. The summed E-state index contributed by atoms with van der Waals surface area (Å²) in [6.45, 7) is 0.794. The van der Waals surface area contributed by atoms with E-state index in [1.807, 2.05) is 7.05 Å². The van der Waals surface area contributed by atoms with Gasteiger partial charge in [-0.25, -0.2) is 0 Å². The molecule has 0 spiro atoms. The Kier molecular flexibility index (Phi) is 8.18. The van der Waals surface area contributed by atoms with Gasteiger partial charge in [0.25, 0.3) is 0 Å². The van der Waals surface area contributed by atoms with Gasteiger partial charge in [0.1, 0.15) is 0 Å². The quantitative estimate of drug-likeness (QED) is 0.363. The lowest BCUT2D eigenvalue weighted by Gasteiger charge is -2.11. The van der Waals surface area contributed by atoms with Crippen LogP contribution in [0.5, 0.6) is 0 Å². The molecule has 0 rings (SSSR count). The summed E-state index contributed by atoms with van der Waals surface area (Å²) in [4.78, 5) is 0. The third-order valence-corrected chi connectivity index (χ3v) is 1.95. The van der Waals surface area contributed by atoms with Gasteiger partial charge >= 0.3 is 0 Å². The van der Waals surface area contributed by atoms with Crippen LogP contribution in [0.4, 0.5) is 0 Å². The van der Waals surface area contributed by atoms with Gasteiger partial charge in [0, 0.05) is 6.67 Å². The van der Waals surface area contributed by atoms with Crippen molar-refractivity contribution in [1.82, 2.24) is 10.6 Å². The number of alkyl halides is 1. The molecule has 0 bridgehead atoms. The predicted molar refractivity (Wildman–Crippen MR) is 53.2 cm³/mol. The van der Waals surface area contributed by atoms with Crippen molar-refractivity contribution >= 4 is 22.6 Å². The molecule has 0 saturated heterocycles. The monoisotopic (exact) mass is 257 g/mol. The summed E-state index contributed by atoms with van der Waals surface area (Å²) in [5.41, 5.74) is 5.69. The van der Waals surface area contributed by atoms with E-state index in [2.05, 4.69) is 33.2 Å². The highest BCUT2D eigenvalue weighted by Gasteiger charge is 1.97. The summed E-state index contributed by atoms with van der Waals surface area (Å²) >= 11 is 2.36. The predicted octanol–water partition coefficient (Wildman–Crippen LogP) is 0.253. The molecule has 0 amide bonds. The Hall–Kier alpha value is 0.610. The van der Waals surface area contributed by atoms with Crippen molar-refractivity contribution in [1.29, 1.82) is 0 Å². The first-order valence-corrected chi connectivity index (χ1v) is 5.03. The number of hydrogen-bond donors (Lipinski definition) is 3. The molecule has 10 heavy (non-hydrogen) atoms. The summed E-state index contributed by atoms with van der Waals surface area (Å²) in [6.07, 6.45) is 2.41. The molecule has 0 aromatic heterocycles. The van der Waals surface area contributed by atoms with Crippen LogP contribution < -0.4 is 16.4 Å². The van der Waals surface area contributed by atoms with Crippen molar-refractivity contribution in [3.8, 4) is 0 Å². The van der Waals surface area contributed by atoms with E-state index >= 15 is 0 Å². The maximum atomic E-state index is 5.69. The van der Waals surface area contributed by atoms with Crippen LogP contribution in [0.2, 0.25) is 0 Å². The number of nitrogens with one attached hydrogen (secondary N) is 2. The summed E-state index contributed by atoms with van der Waals surface area (Å²) in [5.74, 6) is 0. The van der Waals surface area contributed by atoms with E-state index in [0.29, 0.717) is 0 Å². The molecule has 0 fully saturated rings. The van der Waals surface area contributed by atoms with Gasteiger partial charge in [-0.15, -0.1) is 0 Å². The van der Waals surface area contributed by atoms with E-state index in [0.717, 1.165) is 13.1 Å². The molecule has 0 aliphatic rings. The van der Waals surface area contributed by atoms with Crippen molar-refractivity contribution in [3.63, 3.8) is 0 Å². The summed E-state index contributed by atoms with van der Waals surface area (Å²) in [5, 5.41) is 6.11. The second kappa shape index (κ2) is 7.71. The molecule has 1 unspecified atom stereocenters. The highest BCUT2D eigenvalue weighted by molar-refractivity contribution is 14.1.